The van der Waals surface area contributed by atoms with Crippen LogP contribution in [-0.2, 0) is 6.54 Å². The summed E-state index contributed by atoms with van der Waals surface area (Å²) in [6, 6.07) is 16.8. The number of carbonyl (C=O) groups excluding carboxylic acids is 1. The molecule has 1 N–H and O–H groups in total. The second-order valence-electron chi connectivity index (χ2n) is 9.72. The SMILES string of the molecule is CCOc1cc(-c2ccc(F)cc2)c(C2CC2)cc1CN1CCN(C(=O)Oc2ccc(C(=O)O)cc2)CC1. The van der Waals surface area contributed by atoms with Crippen LogP contribution in [0.3, 0.4) is 0 Å². The van der Waals surface area contributed by atoms with Crippen molar-refractivity contribution in [3.63, 3.8) is 0 Å². The normalized spacial score (nSPS) is 15.8. The van der Waals surface area contributed by atoms with Gasteiger partial charge in [0.25, 0.3) is 0 Å². The van der Waals surface area contributed by atoms with E-state index >= 15 is 0 Å². The van der Waals surface area contributed by atoms with Crippen LogP contribution < -0.4 is 9.47 Å². The number of carboxylic acids is 1. The summed E-state index contributed by atoms with van der Waals surface area (Å²) in [5, 5.41) is 9.02. The van der Waals surface area contributed by atoms with E-state index in [1.54, 1.807) is 4.90 Å². The molecule has 1 saturated heterocycles. The van der Waals surface area contributed by atoms with Crippen molar-refractivity contribution >= 4 is 12.1 Å². The van der Waals surface area contributed by atoms with Gasteiger partial charge in [0.2, 0.25) is 0 Å². The van der Waals surface area contributed by atoms with E-state index in [1.165, 1.54) is 42.0 Å². The van der Waals surface area contributed by atoms with Gasteiger partial charge in [-0.05, 0) is 90.9 Å². The van der Waals surface area contributed by atoms with Crippen LogP contribution in [-0.4, -0.2) is 59.8 Å². The van der Waals surface area contributed by atoms with Crippen LogP contribution in [0.1, 0.15) is 47.2 Å². The molecule has 1 saturated carbocycles. The van der Waals surface area contributed by atoms with Gasteiger partial charge in [-0.25, -0.2) is 14.0 Å². The van der Waals surface area contributed by atoms with Gasteiger partial charge in [-0.15, -0.1) is 0 Å². The van der Waals surface area contributed by atoms with Crippen molar-refractivity contribution in [3.05, 3.63) is 83.2 Å². The third kappa shape index (κ3) is 5.97. The molecule has 0 radical (unpaired) electrons. The molecule has 0 unspecified atom stereocenters. The average molecular weight is 519 g/mol. The van der Waals surface area contributed by atoms with Gasteiger partial charge in [-0.2, -0.15) is 0 Å². The third-order valence-electron chi connectivity index (χ3n) is 7.04. The average Bonchev–Trinajstić information content (AvgIpc) is 3.76. The number of piperazine rings is 1. The minimum absolute atomic E-state index is 0.139. The minimum Gasteiger partial charge on any atom is -0.494 e. The lowest BCUT2D eigenvalue weighted by molar-refractivity contribution is 0.0697. The Morgan fingerprint density at radius 2 is 1.66 bits per heavy atom. The zero-order valence-electron chi connectivity index (χ0n) is 21.4. The Bertz CT molecular complexity index is 1300. The van der Waals surface area contributed by atoms with Crippen molar-refractivity contribution in [2.75, 3.05) is 32.8 Å². The Morgan fingerprint density at radius 3 is 2.26 bits per heavy atom. The minimum atomic E-state index is -1.03. The molecule has 1 aliphatic heterocycles. The molecule has 38 heavy (non-hydrogen) atoms. The Balaban J connectivity index is 1.25. The summed E-state index contributed by atoms with van der Waals surface area (Å²) >= 11 is 0. The maximum Gasteiger partial charge on any atom is 0.415 e. The molecular formula is C30H31FN2O5. The van der Waals surface area contributed by atoms with E-state index in [2.05, 4.69) is 17.0 Å². The number of halogens is 1. The summed E-state index contributed by atoms with van der Waals surface area (Å²) in [6.07, 6.45) is 1.87. The predicted octanol–water partition coefficient (Wildman–Crippen LogP) is 5.78. The van der Waals surface area contributed by atoms with Gasteiger partial charge in [0.1, 0.15) is 17.3 Å². The summed E-state index contributed by atoms with van der Waals surface area (Å²) in [5.41, 5.74) is 4.63. The fourth-order valence-electron chi connectivity index (χ4n) is 4.83. The molecule has 8 heteroatoms. The molecule has 3 aromatic carbocycles. The summed E-state index contributed by atoms with van der Waals surface area (Å²) in [6.45, 7) is 5.66. The summed E-state index contributed by atoms with van der Waals surface area (Å²) in [4.78, 5) is 27.6. The highest BCUT2D eigenvalue weighted by atomic mass is 19.1. The molecule has 2 aliphatic rings. The van der Waals surface area contributed by atoms with Crippen molar-refractivity contribution in [2.24, 2.45) is 0 Å². The molecule has 0 atom stereocenters. The second-order valence-corrected chi connectivity index (χ2v) is 9.72. The van der Waals surface area contributed by atoms with Crippen LogP contribution in [0.4, 0.5) is 9.18 Å². The Kier molecular flexibility index (Phi) is 7.60. The number of carbonyl (C=O) groups is 2. The van der Waals surface area contributed by atoms with Crippen molar-refractivity contribution < 1.29 is 28.6 Å². The lowest BCUT2D eigenvalue weighted by Gasteiger charge is -2.34. The lowest BCUT2D eigenvalue weighted by Crippen LogP contribution is -2.49. The second kappa shape index (κ2) is 11.2. The predicted molar refractivity (Wildman–Crippen MR) is 141 cm³/mol. The summed E-state index contributed by atoms with van der Waals surface area (Å²) in [5.74, 6) is 0.393. The summed E-state index contributed by atoms with van der Waals surface area (Å²) in [7, 11) is 0. The maximum absolute atomic E-state index is 13.5. The van der Waals surface area contributed by atoms with Gasteiger partial charge >= 0.3 is 12.1 Å². The fourth-order valence-corrected chi connectivity index (χ4v) is 4.83. The number of hydrogen-bond acceptors (Lipinski definition) is 5. The standard InChI is InChI=1S/C30H31FN2O5/c1-2-37-28-18-27(21-5-9-24(31)10-6-21)26(20-3-4-20)17-23(28)19-32-13-15-33(16-14-32)30(36)38-25-11-7-22(8-12-25)29(34)35/h5-12,17-18,20H,2-4,13-16,19H2,1H3,(H,34,35). The van der Waals surface area contributed by atoms with E-state index in [1.807, 2.05) is 19.1 Å². The largest absolute Gasteiger partial charge is 0.494 e. The van der Waals surface area contributed by atoms with E-state index in [0.29, 0.717) is 51.0 Å². The van der Waals surface area contributed by atoms with Gasteiger partial charge in [-0.1, -0.05) is 12.1 Å². The van der Waals surface area contributed by atoms with E-state index in [4.69, 9.17) is 14.6 Å². The highest BCUT2D eigenvalue weighted by molar-refractivity contribution is 5.87. The van der Waals surface area contributed by atoms with Gasteiger partial charge in [0.15, 0.2) is 0 Å². The Morgan fingerprint density at radius 1 is 0.974 bits per heavy atom. The Labute approximate surface area is 221 Å². The van der Waals surface area contributed by atoms with E-state index < -0.39 is 12.1 Å². The molecule has 0 spiro atoms. The molecule has 0 aromatic heterocycles. The lowest BCUT2D eigenvalue weighted by atomic mass is 9.93. The first-order chi connectivity index (χ1) is 18.4. The molecule has 0 bridgehead atoms. The van der Waals surface area contributed by atoms with Gasteiger partial charge in [-0.3, -0.25) is 4.90 Å². The van der Waals surface area contributed by atoms with E-state index in [0.717, 1.165) is 35.3 Å². The number of aromatic carboxylic acids is 1. The quantitative estimate of drug-likeness (QED) is 0.407. The summed E-state index contributed by atoms with van der Waals surface area (Å²) < 4.78 is 25.0. The third-order valence-corrected chi connectivity index (χ3v) is 7.04. The topological polar surface area (TPSA) is 79.3 Å². The van der Waals surface area contributed by atoms with Crippen molar-refractivity contribution in [3.8, 4) is 22.6 Å². The van der Waals surface area contributed by atoms with E-state index in [9.17, 15) is 14.0 Å². The van der Waals surface area contributed by atoms with Crippen LogP contribution in [0.5, 0.6) is 11.5 Å². The zero-order chi connectivity index (χ0) is 26.6. The maximum atomic E-state index is 13.5. The van der Waals surface area contributed by atoms with Crippen LogP contribution in [0.25, 0.3) is 11.1 Å². The van der Waals surface area contributed by atoms with Crippen LogP contribution in [0.15, 0.2) is 60.7 Å². The number of nitrogens with zero attached hydrogens (tertiary/aromatic N) is 2. The number of hydrogen-bond donors (Lipinski definition) is 1. The van der Waals surface area contributed by atoms with Crippen molar-refractivity contribution in [2.45, 2.75) is 32.2 Å². The monoisotopic (exact) mass is 518 g/mol. The van der Waals surface area contributed by atoms with Gasteiger partial charge < -0.3 is 19.5 Å². The number of ether oxygens (including phenoxy) is 2. The zero-order valence-corrected chi connectivity index (χ0v) is 21.4. The molecule has 5 rings (SSSR count). The van der Waals surface area contributed by atoms with Crippen molar-refractivity contribution in [1.82, 2.24) is 9.80 Å². The first-order valence-corrected chi connectivity index (χ1v) is 13.0. The molecule has 7 nitrogen and oxygen atoms in total. The van der Waals surface area contributed by atoms with E-state index in [-0.39, 0.29) is 11.4 Å². The highest BCUT2D eigenvalue weighted by Crippen LogP contribution is 2.46. The molecule has 2 fully saturated rings. The Hall–Kier alpha value is -3.91. The number of benzene rings is 3. The van der Waals surface area contributed by atoms with Crippen LogP contribution in [0.2, 0.25) is 0 Å². The van der Waals surface area contributed by atoms with Gasteiger partial charge in [0.05, 0.1) is 12.2 Å². The van der Waals surface area contributed by atoms with Crippen LogP contribution >= 0.6 is 0 Å². The fraction of sp³-hybridized carbons (Fsp3) is 0.333. The first-order valence-electron chi connectivity index (χ1n) is 13.0. The van der Waals surface area contributed by atoms with Crippen LogP contribution in [0, 0.1) is 5.82 Å². The molecule has 1 aliphatic carbocycles. The van der Waals surface area contributed by atoms with Gasteiger partial charge in [0, 0.05) is 38.3 Å². The molecule has 1 heterocycles. The number of rotatable bonds is 8. The molecule has 3 aromatic rings. The molecule has 1 amide bonds. The number of amides is 1. The molecular weight excluding hydrogens is 487 g/mol. The molecule has 198 valence electrons. The number of carboxylic acid groups (broad SMARTS) is 1. The smallest absolute Gasteiger partial charge is 0.415 e. The first kappa shape index (κ1) is 25.7. The highest BCUT2D eigenvalue weighted by Gasteiger charge is 2.29. The van der Waals surface area contributed by atoms with Crippen molar-refractivity contribution in [1.29, 1.82) is 0 Å².